The number of hydrogen-bond donors (Lipinski definition) is 1. The number of carbonyl (C=O) groups excluding carboxylic acids is 1. The van der Waals surface area contributed by atoms with Crippen LogP contribution in [0.4, 0.5) is 14.9 Å². The van der Waals surface area contributed by atoms with Gasteiger partial charge >= 0.3 is 6.09 Å². The van der Waals surface area contributed by atoms with Crippen LogP contribution in [0.1, 0.15) is 18.4 Å². The highest BCUT2D eigenvalue weighted by Crippen LogP contribution is 2.27. The van der Waals surface area contributed by atoms with Crippen molar-refractivity contribution in [2.45, 2.75) is 19.4 Å². The van der Waals surface area contributed by atoms with Crippen molar-refractivity contribution in [2.75, 3.05) is 32.6 Å². The zero-order valence-corrected chi connectivity index (χ0v) is 20.4. The van der Waals surface area contributed by atoms with Crippen LogP contribution in [0.25, 0.3) is 22.0 Å². The van der Waals surface area contributed by atoms with E-state index in [0.29, 0.717) is 34.3 Å². The summed E-state index contributed by atoms with van der Waals surface area (Å²) in [4.78, 5) is 27.2. The Bertz CT molecular complexity index is 1400. The van der Waals surface area contributed by atoms with Crippen LogP contribution in [0, 0.1) is 5.82 Å². The summed E-state index contributed by atoms with van der Waals surface area (Å²) >= 11 is 0. The van der Waals surface area contributed by atoms with Gasteiger partial charge in [-0.1, -0.05) is 42.5 Å². The van der Waals surface area contributed by atoms with E-state index in [1.807, 2.05) is 14.1 Å². The molecular weight excluding hydrogens is 459 g/mol. The van der Waals surface area contributed by atoms with E-state index >= 15 is 0 Å². The Balaban J connectivity index is 1.48. The summed E-state index contributed by atoms with van der Waals surface area (Å²) in [5, 5.41) is 8.31. The van der Waals surface area contributed by atoms with Crippen LogP contribution in [0.3, 0.4) is 0 Å². The second kappa shape index (κ2) is 11.6. The molecule has 1 N–H and O–H groups in total. The van der Waals surface area contributed by atoms with Crippen molar-refractivity contribution in [1.29, 1.82) is 0 Å². The number of carbonyl (C=O) groups is 1. The number of halogens is 1. The van der Waals surface area contributed by atoms with E-state index in [4.69, 9.17) is 4.74 Å². The number of aromatic nitrogens is 2. The maximum absolute atomic E-state index is 14.6. The molecule has 186 valence electrons. The van der Waals surface area contributed by atoms with Crippen molar-refractivity contribution >= 4 is 22.6 Å². The Morgan fingerprint density at radius 3 is 2.39 bits per heavy atom. The molecule has 0 saturated heterocycles. The summed E-state index contributed by atoms with van der Waals surface area (Å²) in [5.74, 6) is -0.402. The Labute approximate surface area is 209 Å². The van der Waals surface area contributed by atoms with Gasteiger partial charge in [-0.15, -0.1) is 0 Å². The number of ether oxygens (including phenoxy) is 1. The van der Waals surface area contributed by atoms with Gasteiger partial charge in [0.1, 0.15) is 11.5 Å². The number of anilines is 1. The summed E-state index contributed by atoms with van der Waals surface area (Å²) in [5.41, 5.74) is 1.88. The molecule has 1 amide bonds. The van der Waals surface area contributed by atoms with E-state index in [1.165, 1.54) is 10.7 Å². The highest BCUT2D eigenvalue weighted by Gasteiger charge is 2.15. The van der Waals surface area contributed by atoms with Crippen LogP contribution in [0.15, 0.2) is 77.6 Å². The minimum atomic E-state index is -0.505. The molecule has 8 heteroatoms. The summed E-state index contributed by atoms with van der Waals surface area (Å²) in [7, 11) is 4.01. The molecule has 0 spiro atoms. The standard InChI is InChI=1S/C28H29FN4O3/c1-32(2)17-7-8-18-36-28(35)30-21-15-13-20(14-16-21)19-33-27(34)23-10-4-3-9-22(23)26(31-33)24-11-5-6-12-25(24)29/h3-6,9-16H,7-8,17-19H2,1-2H3,(H,30,35). The third kappa shape index (κ3) is 6.14. The zero-order valence-electron chi connectivity index (χ0n) is 20.4. The molecule has 3 aromatic carbocycles. The highest BCUT2D eigenvalue weighted by molar-refractivity contribution is 5.93. The minimum absolute atomic E-state index is 0.196. The zero-order chi connectivity index (χ0) is 25.5. The normalized spacial score (nSPS) is 11.1. The van der Waals surface area contributed by atoms with E-state index in [9.17, 15) is 14.0 Å². The summed E-state index contributed by atoms with van der Waals surface area (Å²) in [6.45, 7) is 1.50. The van der Waals surface area contributed by atoms with E-state index < -0.39 is 11.9 Å². The molecule has 1 aromatic heterocycles. The number of rotatable bonds is 9. The van der Waals surface area contributed by atoms with Gasteiger partial charge in [0.2, 0.25) is 0 Å². The number of amides is 1. The van der Waals surface area contributed by atoms with Gasteiger partial charge in [-0.3, -0.25) is 10.1 Å². The fraction of sp³-hybridized carbons (Fsp3) is 0.250. The quantitative estimate of drug-likeness (QED) is 0.330. The predicted octanol–water partition coefficient (Wildman–Crippen LogP) is 5.14. The van der Waals surface area contributed by atoms with E-state index in [2.05, 4.69) is 15.3 Å². The fourth-order valence-electron chi connectivity index (χ4n) is 3.91. The maximum Gasteiger partial charge on any atom is 0.411 e. The lowest BCUT2D eigenvalue weighted by Crippen LogP contribution is -2.24. The largest absolute Gasteiger partial charge is 0.449 e. The molecule has 0 aliphatic carbocycles. The molecule has 4 rings (SSSR count). The van der Waals surface area contributed by atoms with Gasteiger partial charge in [-0.2, -0.15) is 5.10 Å². The lowest BCUT2D eigenvalue weighted by Gasteiger charge is -2.12. The Kier molecular flexibility index (Phi) is 8.07. The van der Waals surface area contributed by atoms with Crippen LogP contribution in [0.5, 0.6) is 0 Å². The number of fused-ring (bicyclic) bond motifs is 1. The number of unbranched alkanes of at least 4 members (excludes halogenated alkanes) is 1. The van der Waals surface area contributed by atoms with Gasteiger partial charge in [0.15, 0.2) is 0 Å². The molecule has 1 heterocycles. The Morgan fingerprint density at radius 1 is 0.972 bits per heavy atom. The van der Waals surface area contributed by atoms with Crippen molar-refractivity contribution in [3.8, 4) is 11.3 Å². The Hall–Kier alpha value is -4.04. The van der Waals surface area contributed by atoms with Crippen LogP contribution < -0.4 is 10.9 Å². The van der Waals surface area contributed by atoms with Gasteiger partial charge in [-0.25, -0.2) is 13.9 Å². The summed E-state index contributed by atoms with van der Waals surface area (Å²) in [6, 6.07) is 20.6. The van der Waals surface area contributed by atoms with Crippen LogP contribution in [-0.2, 0) is 11.3 Å². The number of nitrogens with zero attached hydrogens (tertiary/aromatic N) is 3. The molecule has 0 saturated carbocycles. The van der Waals surface area contributed by atoms with Crippen molar-refractivity contribution in [3.05, 3.63) is 94.5 Å². The predicted molar refractivity (Wildman–Crippen MR) is 140 cm³/mol. The SMILES string of the molecule is CN(C)CCCCOC(=O)Nc1ccc(Cn2nc(-c3ccccc3F)c3ccccc3c2=O)cc1. The third-order valence-electron chi connectivity index (χ3n) is 5.76. The van der Waals surface area contributed by atoms with Crippen LogP contribution >= 0.6 is 0 Å². The molecule has 0 fully saturated rings. The molecule has 0 unspecified atom stereocenters. The van der Waals surface area contributed by atoms with Gasteiger partial charge < -0.3 is 9.64 Å². The maximum atomic E-state index is 14.6. The first kappa shape index (κ1) is 25.1. The molecule has 7 nitrogen and oxygen atoms in total. The average molecular weight is 489 g/mol. The molecule has 0 aliphatic heterocycles. The minimum Gasteiger partial charge on any atom is -0.449 e. The molecule has 0 bridgehead atoms. The van der Waals surface area contributed by atoms with E-state index in [1.54, 1.807) is 66.7 Å². The lowest BCUT2D eigenvalue weighted by atomic mass is 10.0. The van der Waals surface area contributed by atoms with Gasteiger partial charge in [-0.05, 0) is 69.4 Å². The lowest BCUT2D eigenvalue weighted by molar-refractivity contribution is 0.158. The van der Waals surface area contributed by atoms with Gasteiger partial charge in [0.05, 0.1) is 18.5 Å². The molecule has 0 atom stereocenters. The molecule has 4 aromatic rings. The van der Waals surface area contributed by atoms with Crippen molar-refractivity contribution < 1.29 is 13.9 Å². The summed E-state index contributed by atoms with van der Waals surface area (Å²) in [6.07, 6.45) is 1.25. The number of hydrogen-bond acceptors (Lipinski definition) is 5. The van der Waals surface area contributed by atoms with Gasteiger partial charge in [0.25, 0.3) is 5.56 Å². The van der Waals surface area contributed by atoms with E-state index in [0.717, 1.165) is 24.9 Å². The molecular formula is C28H29FN4O3. The third-order valence-corrected chi connectivity index (χ3v) is 5.76. The smallest absolute Gasteiger partial charge is 0.411 e. The Morgan fingerprint density at radius 2 is 1.67 bits per heavy atom. The number of benzene rings is 3. The molecule has 0 radical (unpaired) electrons. The van der Waals surface area contributed by atoms with Crippen LogP contribution in [-0.4, -0.2) is 48.0 Å². The second-order valence-corrected chi connectivity index (χ2v) is 8.81. The molecule has 0 aliphatic rings. The van der Waals surface area contributed by atoms with Crippen molar-refractivity contribution in [1.82, 2.24) is 14.7 Å². The topological polar surface area (TPSA) is 76.5 Å². The fourth-order valence-corrected chi connectivity index (χ4v) is 3.91. The van der Waals surface area contributed by atoms with Gasteiger partial charge in [0, 0.05) is 16.6 Å². The van der Waals surface area contributed by atoms with Crippen molar-refractivity contribution in [2.24, 2.45) is 0 Å². The first-order valence-corrected chi connectivity index (χ1v) is 11.8. The highest BCUT2D eigenvalue weighted by atomic mass is 19.1. The van der Waals surface area contributed by atoms with Crippen molar-refractivity contribution in [3.63, 3.8) is 0 Å². The monoisotopic (exact) mass is 488 g/mol. The van der Waals surface area contributed by atoms with Crippen LogP contribution in [0.2, 0.25) is 0 Å². The number of nitrogens with one attached hydrogen (secondary N) is 1. The first-order chi connectivity index (χ1) is 17.4. The summed E-state index contributed by atoms with van der Waals surface area (Å²) < 4.78 is 21.1. The van der Waals surface area contributed by atoms with E-state index in [-0.39, 0.29) is 12.1 Å². The second-order valence-electron chi connectivity index (χ2n) is 8.81. The molecule has 36 heavy (non-hydrogen) atoms. The first-order valence-electron chi connectivity index (χ1n) is 11.8. The average Bonchev–Trinajstić information content (AvgIpc) is 2.87.